The molecule has 0 saturated heterocycles. The summed E-state index contributed by atoms with van der Waals surface area (Å²) >= 11 is 0. The summed E-state index contributed by atoms with van der Waals surface area (Å²) in [5, 5.41) is 0. The van der Waals surface area contributed by atoms with Crippen molar-refractivity contribution in [3.63, 3.8) is 0 Å². The zero-order valence-corrected chi connectivity index (χ0v) is 23.9. The lowest BCUT2D eigenvalue weighted by Crippen LogP contribution is -2.09. The van der Waals surface area contributed by atoms with Crippen LogP contribution in [0.4, 0.5) is 0 Å². The first-order valence-electron chi connectivity index (χ1n) is 13.3. The Bertz CT molecular complexity index is 1590. The van der Waals surface area contributed by atoms with Crippen molar-refractivity contribution in [2.45, 2.75) is 38.5 Å². The largest absolute Gasteiger partial charge is 0.493 e. The van der Waals surface area contributed by atoms with Crippen LogP contribution in [0.15, 0.2) is 89.8 Å². The van der Waals surface area contributed by atoms with Crippen LogP contribution >= 0.6 is 0 Å². The monoisotopic (exact) mass is 554 g/mol. The van der Waals surface area contributed by atoms with Crippen molar-refractivity contribution in [1.29, 1.82) is 0 Å². The molecule has 0 saturated carbocycles. The van der Waals surface area contributed by atoms with E-state index < -0.39 is 10.1 Å². The number of aryl methyl sites for hydroxylation is 2. The minimum Gasteiger partial charge on any atom is -0.493 e. The average Bonchev–Trinajstić information content (AvgIpc) is 2.96. The molecule has 0 amide bonds. The smallest absolute Gasteiger partial charge is 0.296 e. The lowest BCUT2D eigenvalue weighted by molar-refractivity contribution is 0.111. The van der Waals surface area contributed by atoms with E-state index in [2.05, 4.69) is 43.3 Å². The summed E-state index contributed by atoms with van der Waals surface area (Å²) in [6, 6.07) is 26.8. The summed E-state index contributed by atoms with van der Waals surface area (Å²) in [4.78, 5) is 11.8. The predicted molar refractivity (Wildman–Crippen MR) is 161 cm³/mol. The first kappa shape index (κ1) is 29.0. The summed E-state index contributed by atoms with van der Waals surface area (Å²) in [5.41, 5.74) is 8.06. The summed E-state index contributed by atoms with van der Waals surface area (Å²) in [5.74, 6) is 0.503. The molecule has 0 bridgehead atoms. The van der Waals surface area contributed by atoms with Gasteiger partial charge in [0.1, 0.15) is 5.75 Å². The van der Waals surface area contributed by atoms with Crippen LogP contribution in [0, 0.1) is 20.8 Å². The number of benzene rings is 4. The van der Waals surface area contributed by atoms with Crippen LogP contribution in [0.5, 0.6) is 5.75 Å². The number of hydrogen-bond acceptors (Lipinski definition) is 5. The Labute approximate surface area is 237 Å². The van der Waals surface area contributed by atoms with Gasteiger partial charge in [0.25, 0.3) is 10.1 Å². The minimum absolute atomic E-state index is 0.0589. The third-order valence-electron chi connectivity index (χ3n) is 6.77. The van der Waals surface area contributed by atoms with Crippen molar-refractivity contribution in [2.24, 2.45) is 0 Å². The molecule has 4 rings (SSSR count). The number of unbranched alkanes of at least 4 members (excludes halogenated alkanes) is 1. The first-order chi connectivity index (χ1) is 19.3. The van der Waals surface area contributed by atoms with E-state index >= 15 is 0 Å². The number of ether oxygens (including phenoxy) is 1. The van der Waals surface area contributed by atoms with Gasteiger partial charge in [0.2, 0.25) is 0 Å². The summed E-state index contributed by atoms with van der Waals surface area (Å²) in [7, 11) is -3.78. The topological polar surface area (TPSA) is 69.7 Å². The molecule has 0 aliphatic carbocycles. The number of aldehydes is 1. The third kappa shape index (κ3) is 7.34. The van der Waals surface area contributed by atoms with Crippen LogP contribution in [0.1, 0.15) is 51.0 Å². The van der Waals surface area contributed by atoms with E-state index in [0.29, 0.717) is 30.8 Å². The molecule has 6 heteroatoms. The maximum Gasteiger partial charge on any atom is 0.296 e. The normalized spacial score (nSPS) is 11.6. The maximum absolute atomic E-state index is 12.3. The van der Waals surface area contributed by atoms with Gasteiger partial charge in [-0.1, -0.05) is 78.4 Å². The highest BCUT2D eigenvalue weighted by molar-refractivity contribution is 7.86. The van der Waals surface area contributed by atoms with E-state index in [0.717, 1.165) is 28.5 Å². The average molecular weight is 555 g/mol. The number of rotatable bonds is 12. The van der Waals surface area contributed by atoms with Crippen LogP contribution in [-0.4, -0.2) is 27.9 Å². The second-order valence-corrected chi connectivity index (χ2v) is 11.3. The maximum atomic E-state index is 12.3. The predicted octanol–water partition coefficient (Wildman–Crippen LogP) is 7.83. The Kier molecular flexibility index (Phi) is 9.70. The molecule has 4 aromatic rings. The Morgan fingerprint density at radius 2 is 1.43 bits per heavy atom. The van der Waals surface area contributed by atoms with Gasteiger partial charge in [0, 0.05) is 0 Å². The third-order valence-corrected chi connectivity index (χ3v) is 8.10. The molecule has 5 nitrogen and oxygen atoms in total. The quantitative estimate of drug-likeness (QED) is 0.0773. The van der Waals surface area contributed by atoms with E-state index in [1.165, 1.54) is 16.7 Å². The molecule has 0 aliphatic heterocycles. The highest BCUT2D eigenvalue weighted by Gasteiger charge is 2.14. The molecule has 0 radical (unpaired) electrons. The number of carbonyl (C=O) groups excluding carboxylic acids is 1. The van der Waals surface area contributed by atoms with Gasteiger partial charge in [0.05, 0.1) is 23.7 Å². The van der Waals surface area contributed by atoms with Crippen molar-refractivity contribution in [3.05, 3.63) is 118 Å². The van der Waals surface area contributed by atoms with Gasteiger partial charge >= 0.3 is 0 Å². The molecule has 0 aromatic heterocycles. The molecule has 0 fully saturated rings. The summed E-state index contributed by atoms with van der Waals surface area (Å²) < 4.78 is 35.8. The van der Waals surface area contributed by atoms with Gasteiger partial charge in [-0.25, -0.2) is 0 Å². The zero-order chi connectivity index (χ0) is 28.5. The highest BCUT2D eigenvalue weighted by atomic mass is 32.2. The summed E-state index contributed by atoms with van der Waals surface area (Å²) in [6.07, 6.45) is 5.99. The van der Waals surface area contributed by atoms with E-state index in [1.54, 1.807) is 24.3 Å². The second kappa shape index (κ2) is 13.4. The lowest BCUT2D eigenvalue weighted by Gasteiger charge is -2.12. The van der Waals surface area contributed by atoms with Gasteiger partial charge in [-0.15, -0.1) is 0 Å². The first-order valence-corrected chi connectivity index (χ1v) is 14.7. The molecule has 0 aliphatic rings. The minimum atomic E-state index is -3.78. The molecule has 0 heterocycles. The Morgan fingerprint density at radius 1 is 0.725 bits per heavy atom. The molecular weight excluding hydrogens is 520 g/mol. The van der Waals surface area contributed by atoms with E-state index in [-0.39, 0.29) is 11.5 Å². The van der Waals surface area contributed by atoms with Gasteiger partial charge in [-0.05, 0) is 91.3 Å². The summed E-state index contributed by atoms with van der Waals surface area (Å²) in [6.45, 7) is 6.37. The second-order valence-electron chi connectivity index (χ2n) is 9.73. The van der Waals surface area contributed by atoms with Crippen LogP contribution in [0.3, 0.4) is 0 Å². The van der Waals surface area contributed by atoms with E-state index in [9.17, 15) is 13.2 Å². The van der Waals surface area contributed by atoms with Crippen molar-refractivity contribution in [1.82, 2.24) is 0 Å². The van der Waals surface area contributed by atoms with Crippen LogP contribution < -0.4 is 4.74 Å². The van der Waals surface area contributed by atoms with E-state index in [4.69, 9.17) is 8.92 Å². The van der Waals surface area contributed by atoms with Crippen molar-refractivity contribution in [3.8, 4) is 16.9 Å². The Hall–Kier alpha value is -4.00. The SMILES string of the molecule is Cc1ccc(S(=O)(=O)OCCCCOc2cc(/C=C/c3cccc(-c4ccccc4)c3C)c(C)cc2C=O)cc1. The Morgan fingerprint density at radius 3 is 2.15 bits per heavy atom. The van der Waals surface area contributed by atoms with Crippen LogP contribution in [0.2, 0.25) is 0 Å². The van der Waals surface area contributed by atoms with Crippen molar-refractivity contribution >= 4 is 28.6 Å². The molecule has 0 unspecified atom stereocenters. The molecule has 40 heavy (non-hydrogen) atoms. The fourth-order valence-electron chi connectivity index (χ4n) is 4.39. The molecule has 0 spiro atoms. The molecule has 0 N–H and O–H groups in total. The van der Waals surface area contributed by atoms with E-state index in [1.807, 2.05) is 50.3 Å². The fraction of sp³-hybridized carbons (Fsp3) is 0.206. The van der Waals surface area contributed by atoms with Crippen molar-refractivity contribution in [2.75, 3.05) is 13.2 Å². The Balaban J connectivity index is 1.38. The van der Waals surface area contributed by atoms with Crippen LogP contribution in [0.25, 0.3) is 23.3 Å². The van der Waals surface area contributed by atoms with Gasteiger partial charge in [-0.3, -0.25) is 8.98 Å². The molecule has 206 valence electrons. The van der Waals surface area contributed by atoms with Gasteiger partial charge < -0.3 is 4.74 Å². The standard InChI is InChI=1S/C34H34O5S/c1-25-14-18-32(19-15-25)40(36,37)39-21-8-7-20-38-34-23-30(26(2)22-31(34)24-35)17-16-28-12-9-13-33(27(28)3)29-10-5-4-6-11-29/h4-6,9-19,22-24H,7-8,20-21H2,1-3H3/b17-16+. The lowest BCUT2D eigenvalue weighted by atomic mass is 9.95. The molecule has 0 atom stereocenters. The number of hydrogen-bond donors (Lipinski definition) is 0. The zero-order valence-electron chi connectivity index (χ0n) is 23.1. The van der Waals surface area contributed by atoms with Gasteiger partial charge in [-0.2, -0.15) is 8.42 Å². The van der Waals surface area contributed by atoms with Crippen LogP contribution in [-0.2, 0) is 14.3 Å². The van der Waals surface area contributed by atoms with Crippen molar-refractivity contribution < 1.29 is 22.1 Å². The number of carbonyl (C=O) groups is 1. The molecule has 4 aromatic carbocycles. The fourth-order valence-corrected chi connectivity index (χ4v) is 5.34. The highest BCUT2D eigenvalue weighted by Crippen LogP contribution is 2.28. The molecular formula is C34H34O5S. The van der Waals surface area contributed by atoms with Gasteiger partial charge in [0.15, 0.2) is 6.29 Å².